The number of sulfonamides is 1. The smallest absolute Gasteiger partial charge is 0.272 e. The number of hydrogen-bond donors (Lipinski definition) is 3. The molecule has 1 aliphatic rings. The fraction of sp³-hybridized carbons (Fsp3) is 0.421. The third kappa shape index (κ3) is 3.18. The quantitative estimate of drug-likeness (QED) is 0.624. The number of aromatic amines is 2. The van der Waals surface area contributed by atoms with Gasteiger partial charge in [0.05, 0.1) is 4.90 Å². The van der Waals surface area contributed by atoms with Gasteiger partial charge in [0.1, 0.15) is 5.52 Å². The number of hydrogen-bond acceptors (Lipinski definition) is 4. The van der Waals surface area contributed by atoms with Gasteiger partial charge in [0.15, 0.2) is 0 Å². The SMILES string of the molecule is CC(C)N(C[C@@H]1CCCN1)S(=O)(=O)c1ccc2[nH]c(=O)c3[nH]ccc3c2c1. The summed E-state index contributed by atoms with van der Waals surface area (Å²) in [5, 5.41) is 4.81. The molecule has 2 aromatic heterocycles. The number of nitrogens with zero attached hydrogens (tertiary/aromatic N) is 1. The Morgan fingerprint density at radius 2 is 2.04 bits per heavy atom. The highest BCUT2D eigenvalue weighted by atomic mass is 32.2. The summed E-state index contributed by atoms with van der Waals surface area (Å²) >= 11 is 0. The standard InChI is InChI=1S/C19H24N4O3S/c1-12(2)23(11-13-4-3-8-20-13)27(25,26)14-5-6-17-16(10-14)15-7-9-21-18(15)19(24)22-17/h5-7,9-10,12-13,20-21H,3-4,8,11H2,1-2H3,(H,22,24)/t13-/m0/s1. The molecule has 7 nitrogen and oxygen atoms in total. The molecule has 0 spiro atoms. The summed E-state index contributed by atoms with van der Waals surface area (Å²) in [4.78, 5) is 18.1. The molecule has 144 valence electrons. The number of aromatic nitrogens is 2. The molecule has 0 radical (unpaired) electrons. The minimum Gasteiger partial charge on any atom is -0.357 e. The fourth-order valence-corrected chi connectivity index (χ4v) is 5.54. The molecule has 4 rings (SSSR count). The van der Waals surface area contributed by atoms with E-state index >= 15 is 0 Å². The molecule has 27 heavy (non-hydrogen) atoms. The van der Waals surface area contributed by atoms with E-state index in [1.54, 1.807) is 34.8 Å². The van der Waals surface area contributed by atoms with Gasteiger partial charge < -0.3 is 15.3 Å². The third-order valence-electron chi connectivity index (χ3n) is 5.25. The van der Waals surface area contributed by atoms with Gasteiger partial charge in [-0.05, 0) is 57.5 Å². The number of H-pyrrole nitrogens is 2. The number of benzene rings is 1. The van der Waals surface area contributed by atoms with Crippen LogP contribution < -0.4 is 10.9 Å². The van der Waals surface area contributed by atoms with E-state index in [0.29, 0.717) is 17.6 Å². The lowest BCUT2D eigenvalue weighted by Gasteiger charge is -2.28. The maximum absolute atomic E-state index is 13.4. The van der Waals surface area contributed by atoms with Gasteiger partial charge in [-0.15, -0.1) is 0 Å². The molecule has 0 saturated carbocycles. The molecule has 1 aromatic carbocycles. The molecule has 0 bridgehead atoms. The normalized spacial score (nSPS) is 18.3. The molecule has 1 fully saturated rings. The average Bonchev–Trinajstić information content (AvgIpc) is 3.31. The predicted octanol–water partition coefficient (Wildman–Crippen LogP) is 2.16. The number of fused-ring (bicyclic) bond motifs is 3. The maximum Gasteiger partial charge on any atom is 0.272 e. The van der Waals surface area contributed by atoms with Gasteiger partial charge in [-0.25, -0.2) is 8.42 Å². The van der Waals surface area contributed by atoms with E-state index in [2.05, 4.69) is 15.3 Å². The minimum absolute atomic E-state index is 0.143. The first-order chi connectivity index (χ1) is 12.9. The van der Waals surface area contributed by atoms with Gasteiger partial charge in [0, 0.05) is 41.1 Å². The van der Waals surface area contributed by atoms with Crippen molar-refractivity contribution in [2.45, 2.75) is 43.7 Å². The van der Waals surface area contributed by atoms with E-state index in [0.717, 1.165) is 30.2 Å². The van der Waals surface area contributed by atoms with Crippen LogP contribution >= 0.6 is 0 Å². The summed E-state index contributed by atoms with van der Waals surface area (Å²) in [7, 11) is -3.65. The highest BCUT2D eigenvalue weighted by Crippen LogP contribution is 2.26. The van der Waals surface area contributed by atoms with Gasteiger partial charge in [0.2, 0.25) is 10.0 Å². The predicted molar refractivity (Wildman–Crippen MR) is 106 cm³/mol. The summed E-state index contributed by atoms with van der Waals surface area (Å²) in [6.45, 7) is 5.19. The Labute approximate surface area is 157 Å². The van der Waals surface area contributed by atoms with E-state index < -0.39 is 10.0 Å². The Bertz CT molecular complexity index is 1140. The molecule has 1 aliphatic heterocycles. The lowest BCUT2D eigenvalue weighted by atomic mass is 10.1. The zero-order valence-electron chi connectivity index (χ0n) is 15.5. The van der Waals surface area contributed by atoms with Crippen molar-refractivity contribution in [2.24, 2.45) is 0 Å². The lowest BCUT2D eigenvalue weighted by molar-refractivity contribution is 0.322. The van der Waals surface area contributed by atoms with Crippen LogP contribution in [0.1, 0.15) is 26.7 Å². The second kappa shape index (κ2) is 6.78. The molecule has 3 heterocycles. The highest BCUT2D eigenvalue weighted by Gasteiger charge is 2.30. The van der Waals surface area contributed by atoms with Crippen LogP contribution in [0.3, 0.4) is 0 Å². The van der Waals surface area contributed by atoms with E-state index in [1.807, 2.05) is 13.8 Å². The average molecular weight is 388 g/mol. The van der Waals surface area contributed by atoms with Gasteiger partial charge in [0.25, 0.3) is 5.56 Å². The highest BCUT2D eigenvalue weighted by molar-refractivity contribution is 7.89. The summed E-state index contributed by atoms with van der Waals surface area (Å²) in [6.07, 6.45) is 3.75. The second-order valence-corrected chi connectivity index (χ2v) is 9.28. The van der Waals surface area contributed by atoms with Crippen molar-refractivity contribution in [1.82, 2.24) is 19.6 Å². The van der Waals surface area contributed by atoms with Crippen LogP contribution in [-0.4, -0.2) is 47.9 Å². The zero-order chi connectivity index (χ0) is 19.2. The summed E-state index contributed by atoms with van der Waals surface area (Å²) in [5.74, 6) is 0. The first-order valence-corrected chi connectivity index (χ1v) is 10.7. The zero-order valence-corrected chi connectivity index (χ0v) is 16.3. The maximum atomic E-state index is 13.4. The largest absolute Gasteiger partial charge is 0.357 e. The lowest BCUT2D eigenvalue weighted by Crippen LogP contribution is -2.44. The summed E-state index contributed by atoms with van der Waals surface area (Å²) < 4.78 is 28.3. The Morgan fingerprint density at radius 3 is 2.74 bits per heavy atom. The number of pyridine rings is 1. The van der Waals surface area contributed by atoms with E-state index in [-0.39, 0.29) is 22.5 Å². The van der Waals surface area contributed by atoms with Crippen LogP contribution in [0.2, 0.25) is 0 Å². The van der Waals surface area contributed by atoms with Crippen molar-refractivity contribution in [3.8, 4) is 0 Å². The molecule has 3 aromatic rings. The molecular weight excluding hydrogens is 364 g/mol. The summed E-state index contributed by atoms with van der Waals surface area (Å²) in [5.41, 5.74) is 0.863. The molecule has 0 aliphatic carbocycles. The molecule has 1 saturated heterocycles. The molecule has 3 N–H and O–H groups in total. The number of nitrogens with one attached hydrogen (secondary N) is 3. The second-order valence-electron chi connectivity index (χ2n) is 7.39. The van der Waals surface area contributed by atoms with Crippen LogP contribution in [0.5, 0.6) is 0 Å². The Hall–Kier alpha value is -2.16. The fourth-order valence-electron chi connectivity index (χ4n) is 3.83. The Morgan fingerprint density at radius 1 is 1.22 bits per heavy atom. The minimum atomic E-state index is -3.65. The topological polar surface area (TPSA) is 98.1 Å². The van der Waals surface area contributed by atoms with Gasteiger partial charge in [-0.1, -0.05) is 0 Å². The van der Waals surface area contributed by atoms with Crippen molar-refractivity contribution in [3.05, 3.63) is 40.8 Å². The monoisotopic (exact) mass is 388 g/mol. The van der Waals surface area contributed by atoms with Crippen LogP contribution in [0.25, 0.3) is 21.8 Å². The summed E-state index contributed by atoms with van der Waals surface area (Å²) in [6, 6.07) is 6.75. The molecule has 0 amide bonds. The molecule has 1 atom stereocenters. The molecule has 0 unspecified atom stereocenters. The van der Waals surface area contributed by atoms with Crippen molar-refractivity contribution in [2.75, 3.05) is 13.1 Å². The van der Waals surface area contributed by atoms with Crippen molar-refractivity contribution < 1.29 is 8.42 Å². The van der Waals surface area contributed by atoms with Crippen LogP contribution in [0.4, 0.5) is 0 Å². The van der Waals surface area contributed by atoms with E-state index in [1.165, 1.54) is 0 Å². The van der Waals surface area contributed by atoms with Crippen LogP contribution in [-0.2, 0) is 10.0 Å². The Balaban J connectivity index is 1.81. The van der Waals surface area contributed by atoms with Gasteiger partial charge >= 0.3 is 0 Å². The Kier molecular flexibility index (Phi) is 4.57. The van der Waals surface area contributed by atoms with E-state index in [4.69, 9.17) is 0 Å². The molecular formula is C19H24N4O3S. The molecule has 8 heteroatoms. The van der Waals surface area contributed by atoms with Gasteiger partial charge in [-0.2, -0.15) is 4.31 Å². The van der Waals surface area contributed by atoms with Crippen molar-refractivity contribution in [1.29, 1.82) is 0 Å². The van der Waals surface area contributed by atoms with E-state index in [9.17, 15) is 13.2 Å². The van der Waals surface area contributed by atoms with Gasteiger partial charge in [-0.3, -0.25) is 4.79 Å². The van der Waals surface area contributed by atoms with Crippen molar-refractivity contribution >= 4 is 31.8 Å². The van der Waals surface area contributed by atoms with Crippen LogP contribution in [0.15, 0.2) is 40.2 Å². The third-order valence-corrected chi connectivity index (χ3v) is 7.29. The van der Waals surface area contributed by atoms with Crippen LogP contribution in [0, 0.1) is 0 Å². The van der Waals surface area contributed by atoms with Crippen molar-refractivity contribution in [3.63, 3.8) is 0 Å². The first-order valence-electron chi connectivity index (χ1n) is 9.26. The number of rotatable bonds is 5. The first kappa shape index (κ1) is 18.2.